The number of quaternary nitrogens is 1. The molecule has 138 valence electrons. The van der Waals surface area contributed by atoms with E-state index in [9.17, 15) is 4.79 Å². The summed E-state index contributed by atoms with van der Waals surface area (Å²) in [5.41, 5.74) is 2.71. The number of nitrogens with zero attached hydrogens (tertiary/aromatic N) is 1. The van der Waals surface area contributed by atoms with Gasteiger partial charge in [-0.1, -0.05) is 40.2 Å². The van der Waals surface area contributed by atoms with Crippen LogP contribution in [0.15, 0.2) is 65.1 Å². The summed E-state index contributed by atoms with van der Waals surface area (Å²) in [4.78, 5) is 16.8. The molecule has 1 aliphatic heterocycles. The molecular formula is C22H23BrN3O+. The first kappa shape index (κ1) is 18.0. The van der Waals surface area contributed by atoms with E-state index in [1.54, 1.807) is 4.90 Å². The highest BCUT2D eigenvalue weighted by Gasteiger charge is 2.17. The van der Waals surface area contributed by atoms with Gasteiger partial charge >= 0.3 is 0 Å². The predicted octanol–water partition coefficient (Wildman–Crippen LogP) is 3.19. The number of piperazine rings is 1. The Labute approximate surface area is 167 Å². The number of anilines is 2. The number of halogens is 1. The summed E-state index contributed by atoms with van der Waals surface area (Å²) in [5, 5.41) is 5.01. The van der Waals surface area contributed by atoms with Gasteiger partial charge in [0.2, 0.25) is 0 Å². The van der Waals surface area contributed by atoms with Gasteiger partial charge in [0.25, 0.3) is 5.91 Å². The van der Waals surface area contributed by atoms with Crippen LogP contribution in [-0.2, 0) is 0 Å². The van der Waals surface area contributed by atoms with Gasteiger partial charge in [0.15, 0.2) is 0 Å². The van der Waals surface area contributed by atoms with Crippen molar-refractivity contribution in [3.05, 3.63) is 70.7 Å². The number of fused-ring (bicyclic) bond motifs is 1. The lowest BCUT2D eigenvalue weighted by Gasteiger charge is -2.31. The average Bonchev–Trinajstić information content (AvgIpc) is 2.69. The standard InChI is InChI=1S/C22H22BrN3O/c1-25-12-14-26(15-13-25)17-10-8-16(9-11-17)24-22(27)20-6-2-5-19-18(20)4-3-7-21(19)23/h2-11H,12-15H2,1H3,(H,24,27)/p+1. The van der Waals surface area contributed by atoms with E-state index in [1.165, 1.54) is 5.69 Å². The molecule has 0 spiro atoms. The molecule has 4 rings (SSSR count). The second-order valence-electron chi connectivity index (χ2n) is 7.09. The Balaban J connectivity index is 1.51. The second-order valence-corrected chi connectivity index (χ2v) is 7.94. The summed E-state index contributed by atoms with van der Waals surface area (Å²) < 4.78 is 0.994. The minimum Gasteiger partial charge on any atom is -0.360 e. The topological polar surface area (TPSA) is 36.8 Å². The highest BCUT2D eigenvalue weighted by molar-refractivity contribution is 9.10. The zero-order chi connectivity index (χ0) is 18.8. The summed E-state index contributed by atoms with van der Waals surface area (Å²) in [6, 6.07) is 19.9. The smallest absolute Gasteiger partial charge is 0.256 e. The molecule has 1 amide bonds. The summed E-state index contributed by atoms with van der Waals surface area (Å²) in [5.74, 6) is -0.0883. The van der Waals surface area contributed by atoms with Crippen LogP contribution in [0.3, 0.4) is 0 Å². The van der Waals surface area contributed by atoms with Crippen LogP contribution in [0.2, 0.25) is 0 Å². The molecule has 0 aliphatic carbocycles. The Morgan fingerprint density at radius 3 is 2.37 bits per heavy atom. The zero-order valence-electron chi connectivity index (χ0n) is 15.3. The fraction of sp³-hybridized carbons (Fsp3) is 0.227. The van der Waals surface area contributed by atoms with E-state index in [1.807, 2.05) is 48.5 Å². The van der Waals surface area contributed by atoms with Crippen LogP contribution >= 0.6 is 15.9 Å². The van der Waals surface area contributed by atoms with Crippen molar-refractivity contribution >= 4 is 44.0 Å². The number of nitrogens with one attached hydrogen (secondary N) is 2. The van der Waals surface area contributed by atoms with E-state index >= 15 is 0 Å². The predicted molar refractivity (Wildman–Crippen MR) is 115 cm³/mol. The van der Waals surface area contributed by atoms with Gasteiger partial charge in [-0.2, -0.15) is 0 Å². The number of rotatable bonds is 3. The first-order valence-electron chi connectivity index (χ1n) is 9.27. The number of hydrogen-bond donors (Lipinski definition) is 2. The molecule has 5 heteroatoms. The fourth-order valence-corrected chi connectivity index (χ4v) is 4.07. The van der Waals surface area contributed by atoms with Crippen LogP contribution in [0.1, 0.15) is 10.4 Å². The molecule has 0 radical (unpaired) electrons. The van der Waals surface area contributed by atoms with E-state index in [2.05, 4.69) is 45.3 Å². The van der Waals surface area contributed by atoms with Gasteiger partial charge in [0.1, 0.15) is 0 Å². The molecule has 0 bridgehead atoms. The van der Waals surface area contributed by atoms with E-state index in [4.69, 9.17) is 0 Å². The summed E-state index contributed by atoms with van der Waals surface area (Å²) in [6.07, 6.45) is 0. The number of likely N-dealkylation sites (N-methyl/N-ethyl adjacent to an activating group) is 1. The third-order valence-corrected chi connectivity index (χ3v) is 5.91. The third kappa shape index (κ3) is 3.84. The van der Waals surface area contributed by atoms with Crippen LogP contribution in [-0.4, -0.2) is 39.1 Å². The quantitative estimate of drug-likeness (QED) is 0.677. The molecule has 2 N–H and O–H groups in total. The molecule has 1 saturated heterocycles. The van der Waals surface area contributed by atoms with Crippen molar-refractivity contribution in [2.24, 2.45) is 0 Å². The molecule has 1 aliphatic rings. The summed E-state index contributed by atoms with van der Waals surface area (Å²) in [7, 11) is 2.24. The van der Waals surface area contributed by atoms with Crippen molar-refractivity contribution in [3.8, 4) is 0 Å². The van der Waals surface area contributed by atoms with Crippen molar-refractivity contribution < 1.29 is 9.69 Å². The molecule has 0 atom stereocenters. The molecule has 1 fully saturated rings. The number of carbonyl (C=O) groups is 1. The lowest BCUT2D eigenvalue weighted by atomic mass is 10.0. The highest BCUT2D eigenvalue weighted by atomic mass is 79.9. The minimum absolute atomic E-state index is 0.0883. The van der Waals surface area contributed by atoms with Gasteiger partial charge in [-0.3, -0.25) is 4.79 Å². The number of carbonyl (C=O) groups excluding carboxylic acids is 1. The molecule has 3 aromatic rings. The van der Waals surface area contributed by atoms with Crippen molar-refractivity contribution in [1.29, 1.82) is 0 Å². The maximum atomic E-state index is 12.8. The Bertz CT molecular complexity index is 963. The lowest BCUT2D eigenvalue weighted by molar-refractivity contribution is -0.880. The summed E-state index contributed by atoms with van der Waals surface area (Å²) >= 11 is 3.56. The average molecular weight is 425 g/mol. The maximum absolute atomic E-state index is 12.8. The Kier molecular flexibility index (Phi) is 5.14. The molecule has 0 aromatic heterocycles. The van der Waals surface area contributed by atoms with E-state index in [0.29, 0.717) is 5.56 Å². The second kappa shape index (κ2) is 7.71. The van der Waals surface area contributed by atoms with E-state index in [0.717, 1.165) is 47.1 Å². The number of amides is 1. The molecule has 27 heavy (non-hydrogen) atoms. The normalized spacial score (nSPS) is 15.1. The van der Waals surface area contributed by atoms with Crippen LogP contribution in [0.4, 0.5) is 11.4 Å². The van der Waals surface area contributed by atoms with Crippen LogP contribution in [0.5, 0.6) is 0 Å². The minimum atomic E-state index is -0.0883. The van der Waals surface area contributed by atoms with Gasteiger partial charge in [0.05, 0.1) is 33.2 Å². The van der Waals surface area contributed by atoms with E-state index in [-0.39, 0.29) is 5.91 Å². The third-order valence-electron chi connectivity index (χ3n) is 5.22. The SMILES string of the molecule is C[NH+]1CCN(c2ccc(NC(=O)c3cccc4c(Br)cccc34)cc2)CC1. The molecule has 0 saturated carbocycles. The largest absolute Gasteiger partial charge is 0.360 e. The number of hydrogen-bond acceptors (Lipinski definition) is 2. The lowest BCUT2D eigenvalue weighted by Crippen LogP contribution is -3.12. The Morgan fingerprint density at radius 1 is 0.963 bits per heavy atom. The molecule has 0 unspecified atom stereocenters. The van der Waals surface area contributed by atoms with E-state index < -0.39 is 0 Å². The van der Waals surface area contributed by atoms with Gasteiger partial charge in [0, 0.05) is 21.4 Å². The summed E-state index contributed by atoms with van der Waals surface area (Å²) in [6.45, 7) is 4.47. The number of benzene rings is 3. The maximum Gasteiger partial charge on any atom is 0.256 e. The Hall–Kier alpha value is -2.37. The van der Waals surface area contributed by atoms with Crippen molar-refractivity contribution in [2.75, 3.05) is 43.4 Å². The van der Waals surface area contributed by atoms with Gasteiger partial charge in [-0.25, -0.2) is 0 Å². The first-order valence-corrected chi connectivity index (χ1v) is 10.1. The first-order chi connectivity index (χ1) is 13.1. The Morgan fingerprint density at radius 2 is 1.63 bits per heavy atom. The van der Waals surface area contributed by atoms with Gasteiger partial charge < -0.3 is 15.1 Å². The molecule has 3 aromatic carbocycles. The van der Waals surface area contributed by atoms with Gasteiger partial charge in [-0.05, 0) is 47.2 Å². The van der Waals surface area contributed by atoms with Crippen LogP contribution in [0, 0.1) is 0 Å². The van der Waals surface area contributed by atoms with Crippen LogP contribution in [0.25, 0.3) is 10.8 Å². The van der Waals surface area contributed by atoms with Gasteiger partial charge in [-0.15, -0.1) is 0 Å². The van der Waals surface area contributed by atoms with Crippen LogP contribution < -0.4 is 15.1 Å². The fourth-order valence-electron chi connectivity index (χ4n) is 3.57. The molecule has 4 nitrogen and oxygen atoms in total. The highest BCUT2D eigenvalue weighted by Crippen LogP contribution is 2.27. The molecular weight excluding hydrogens is 402 g/mol. The van der Waals surface area contributed by atoms with Crippen molar-refractivity contribution in [2.45, 2.75) is 0 Å². The molecule has 1 heterocycles. The van der Waals surface area contributed by atoms with Crippen molar-refractivity contribution in [3.63, 3.8) is 0 Å². The van der Waals surface area contributed by atoms with Crippen molar-refractivity contribution in [1.82, 2.24) is 0 Å². The zero-order valence-corrected chi connectivity index (χ0v) is 16.9. The monoisotopic (exact) mass is 424 g/mol.